The molecular formula is C11H12N4O. The van der Waals surface area contributed by atoms with Gasteiger partial charge in [-0.15, -0.1) is 5.10 Å². The molecule has 5 nitrogen and oxygen atoms in total. The number of hydrogen-bond donors (Lipinski definition) is 1. The molecule has 0 unspecified atom stereocenters. The van der Waals surface area contributed by atoms with Crippen molar-refractivity contribution in [2.45, 2.75) is 6.54 Å². The van der Waals surface area contributed by atoms with Crippen LogP contribution in [0.4, 0.5) is 5.69 Å². The van der Waals surface area contributed by atoms with E-state index in [1.807, 2.05) is 18.3 Å². The molecule has 0 aliphatic heterocycles. The third-order valence-electron chi connectivity index (χ3n) is 2.06. The number of ether oxygens (including phenoxy) is 1. The summed E-state index contributed by atoms with van der Waals surface area (Å²) in [5, 5.41) is 10.8. The van der Waals surface area contributed by atoms with Crippen LogP contribution in [0, 0.1) is 0 Å². The van der Waals surface area contributed by atoms with Crippen LogP contribution in [0.2, 0.25) is 0 Å². The van der Waals surface area contributed by atoms with E-state index in [1.165, 1.54) is 0 Å². The summed E-state index contributed by atoms with van der Waals surface area (Å²) in [6.45, 7) is 0.697. The van der Waals surface area contributed by atoms with Crippen molar-refractivity contribution in [3.8, 4) is 5.88 Å². The Hall–Kier alpha value is -2.17. The number of anilines is 1. The fourth-order valence-electron chi connectivity index (χ4n) is 1.25. The van der Waals surface area contributed by atoms with Gasteiger partial charge in [0.15, 0.2) is 0 Å². The largest absolute Gasteiger partial charge is 0.480 e. The predicted octanol–water partition coefficient (Wildman–Crippen LogP) is 1.49. The minimum atomic E-state index is 0.496. The zero-order chi connectivity index (χ0) is 11.2. The van der Waals surface area contributed by atoms with E-state index in [1.54, 1.807) is 25.6 Å². The number of nitrogens with zero attached hydrogens (tertiary/aromatic N) is 3. The van der Waals surface area contributed by atoms with Gasteiger partial charge in [0, 0.05) is 25.0 Å². The highest BCUT2D eigenvalue weighted by Crippen LogP contribution is 2.12. The SMILES string of the molecule is COc1cc(NCc2cccnc2)cnn1. The third kappa shape index (κ3) is 2.66. The maximum Gasteiger partial charge on any atom is 0.235 e. The molecule has 2 heterocycles. The van der Waals surface area contributed by atoms with Crippen LogP contribution in [0.5, 0.6) is 5.88 Å². The van der Waals surface area contributed by atoms with Gasteiger partial charge in [0.05, 0.1) is 19.0 Å². The molecule has 0 bridgehead atoms. The smallest absolute Gasteiger partial charge is 0.235 e. The molecular weight excluding hydrogens is 204 g/mol. The first-order valence-corrected chi connectivity index (χ1v) is 4.88. The van der Waals surface area contributed by atoms with Gasteiger partial charge in [-0.1, -0.05) is 6.07 Å². The van der Waals surface area contributed by atoms with Gasteiger partial charge in [-0.2, -0.15) is 5.10 Å². The van der Waals surface area contributed by atoms with Gasteiger partial charge >= 0.3 is 0 Å². The zero-order valence-corrected chi connectivity index (χ0v) is 8.92. The lowest BCUT2D eigenvalue weighted by Gasteiger charge is -2.06. The van der Waals surface area contributed by atoms with Crippen LogP contribution in [-0.4, -0.2) is 22.3 Å². The fourth-order valence-corrected chi connectivity index (χ4v) is 1.25. The van der Waals surface area contributed by atoms with Crippen molar-refractivity contribution in [3.63, 3.8) is 0 Å². The van der Waals surface area contributed by atoms with Gasteiger partial charge in [0.25, 0.3) is 0 Å². The van der Waals surface area contributed by atoms with Crippen LogP contribution in [0.3, 0.4) is 0 Å². The lowest BCUT2D eigenvalue weighted by atomic mass is 10.3. The summed E-state index contributed by atoms with van der Waals surface area (Å²) in [5.41, 5.74) is 1.98. The second kappa shape index (κ2) is 5.06. The van der Waals surface area contributed by atoms with Crippen molar-refractivity contribution in [2.24, 2.45) is 0 Å². The Kier molecular flexibility index (Phi) is 3.28. The Bertz CT molecular complexity index is 447. The summed E-state index contributed by atoms with van der Waals surface area (Å²) in [5.74, 6) is 0.496. The highest BCUT2D eigenvalue weighted by atomic mass is 16.5. The lowest BCUT2D eigenvalue weighted by Crippen LogP contribution is -2.01. The van der Waals surface area contributed by atoms with E-state index in [0.717, 1.165) is 11.3 Å². The first-order valence-electron chi connectivity index (χ1n) is 4.88. The zero-order valence-electron chi connectivity index (χ0n) is 8.92. The van der Waals surface area contributed by atoms with Crippen molar-refractivity contribution >= 4 is 5.69 Å². The fraction of sp³-hybridized carbons (Fsp3) is 0.182. The quantitative estimate of drug-likeness (QED) is 0.839. The van der Waals surface area contributed by atoms with Gasteiger partial charge in [-0.05, 0) is 11.6 Å². The summed E-state index contributed by atoms with van der Waals surface area (Å²) < 4.78 is 4.98. The molecule has 82 valence electrons. The van der Waals surface area contributed by atoms with Crippen molar-refractivity contribution in [2.75, 3.05) is 12.4 Å². The molecule has 0 aliphatic rings. The van der Waals surface area contributed by atoms with Crippen molar-refractivity contribution in [3.05, 3.63) is 42.4 Å². The first-order chi connectivity index (χ1) is 7.88. The standard InChI is InChI=1S/C11H12N4O/c1-16-11-5-10(8-14-15-11)13-7-9-3-2-4-12-6-9/h2-6,8H,7H2,1H3,(H,13,15). The second-order valence-electron chi connectivity index (χ2n) is 3.20. The Morgan fingerprint density at radius 2 is 2.31 bits per heavy atom. The molecule has 0 aliphatic carbocycles. The van der Waals surface area contributed by atoms with E-state index in [-0.39, 0.29) is 0 Å². The van der Waals surface area contributed by atoms with E-state index in [0.29, 0.717) is 12.4 Å². The molecule has 0 amide bonds. The second-order valence-corrected chi connectivity index (χ2v) is 3.20. The molecule has 0 atom stereocenters. The van der Waals surface area contributed by atoms with E-state index in [9.17, 15) is 0 Å². The molecule has 0 aromatic carbocycles. The highest BCUT2D eigenvalue weighted by molar-refractivity contribution is 5.43. The van der Waals surface area contributed by atoms with E-state index in [4.69, 9.17) is 4.74 Å². The molecule has 0 saturated carbocycles. The predicted molar refractivity (Wildman–Crippen MR) is 60.1 cm³/mol. The van der Waals surface area contributed by atoms with Gasteiger partial charge in [-0.3, -0.25) is 4.98 Å². The molecule has 0 saturated heterocycles. The van der Waals surface area contributed by atoms with Gasteiger partial charge in [0.1, 0.15) is 0 Å². The maximum absolute atomic E-state index is 4.98. The summed E-state index contributed by atoms with van der Waals surface area (Å²) >= 11 is 0. The minimum absolute atomic E-state index is 0.496. The Morgan fingerprint density at radius 1 is 1.38 bits per heavy atom. The molecule has 0 spiro atoms. The van der Waals surface area contributed by atoms with E-state index in [2.05, 4.69) is 20.5 Å². The van der Waals surface area contributed by atoms with Crippen LogP contribution >= 0.6 is 0 Å². The van der Waals surface area contributed by atoms with Crippen LogP contribution < -0.4 is 10.1 Å². The molecule has 0 radical (unpaired) electrons. The number of nitrogens with one attached hydrogen (secondary N) is 1. The van der Waals surface area contributed by atoms with Crippen molar-refractivity contribution in [1.82, 2.24) is 15.2 Å². The monoisotopic (exact) mass is 216 g/mol. The Morgan fingerprint density at radius 3 is 3.06 bits per heavy atom. The lowest BCUT2D eigenvalue weighted by molar-refractivity contribution is 0.392. The maximum atomic E-state index is 4.98. The summed E-state index contributed by atoms with van der Waals surface area (Å²) in [4.78, 5) is 4.04. The van der Waals surface area contributed by atoms with Crippen LogP contribution in [-0.2, 0) is 6.54 Å². The molecule has 1 N–H and O–H groups in total. The molecule has 2 rings (SSSR count). The summed E-state index contributed by atoms with van der Waals surface area (Å²) in [6, 6.07) is 5.71. The van der Waals surface area contributed by atoms with Gasteiger partial charge in [0.2, 0.25) is 5.88 Å². The molecule has 2 aromatic rings. The van der Waals surface area contributed by atoms with Crippen LogP contribution in [0.1, 0.15) is 5.56 Å². The normalized spacial score (nSPS) is 9.81. The molecule has 0 fully saturated rings. The van der Waals surface area contributed by atoms with Crippen LogP contribution in [0.15, 0.2) is 36.8 Å². The number of hydrogen-bond acceptors (Lipinski definition) is 5. The highest BCUT2D eigenvalue weighted by Gasteiger charge is 1.97. The Labute approximate surface area is 93.5 Å². The van der Waals surface area contributed by atoms with E-state index >= 15 is 0 Å². The number of rotatable bonds is 4. The van der Waals surface area contributed by atoms with Crippen molar-refractivity contribution < 1.29 is 4.74 Å². The van der Waals surface area contributed by atoms with Crippen LogP contribution in [0.25, 0.3) is 0 Å². The first kappa shape index (κ1) is 10.4. The number of aromatic nitrogens is 3. The van der Waals surface area contributed by atoms with Gasteiger partial charge in [-0.25, -0.2) is 0 Å². The minimum Gasteiger partial charge on any atom is -0.480 e. The molecule has 16 heavy (non-hydrogen) atoms. The van der Waals surface area contributed by atoms with Gasteiger partial charge < -0.3 is 10.1 Å². The average Bonchev–Trinajstić information content (AvgIpc) is 2.38. The average molecular weight is 216 g/mol. The van der Waals surface area contributed by atoms with Crippen molar-refractivity contribution in [1.29, 1.82) is 0 Å². The topological polar surface area (TPSA) is 59.9 Å². The summed E-state index contributed by atoms with van der Waals surface area (Å²) in [6.07, 6.45) is 5.22. The number of methoxy groups -OCH3 is 1. The number of pyridine rings is 1. The molecule has 2 aromatic heterocycles. The Balaban J connectivity index is 1.99. The van der Waals surface area contributed by atoms with E-state index < -0.39 is 0 Å². The molecule has 5 heteroatoms. The summed E-state index contributed by atoms with van der Waals surface area (Å²) in [7, 11) is 1.56. The third-order valence-corrected chi connectivity index (χ3v) is 2.06.